The van der Waals surface area contributed by atoms with E-state index < -0.39 is 29.1 Å². The maximum atomic E-state index is 13.8. The summed E-state index contributed by atoms with van der Waals surface area (Å²) in [6, 6.07) is 2.16. The Morgan fingerprint density at radius 1 is 1.37 bits per heavy atom. The summed E-state index contributed by atoms with van der Waals surface area (Å²) in [6.07, 6.45) is 0. The summed E-state index contributed by atoms with van der Waals surface area (Å²) in [4.78, 5) is 25.2. The molecule has 19 heavy (non-hydrogen) atoms. The van der Waals surface area contributed by atoms with Crippen LogP contribution < -0.4 is 5.56 Å². The molecule has 100 valence electrons. The van der Waals surface area contributed by atoms with E-state index in [2.05, 4.69) is 4.98 Å². The second kappa shape index (κ2) is 4.46. The molecule has 1 atom stereocenters. The van der Waals surface area contributed by atoms with E-state index in [1.54, 1.807) is 0 Å². The average molecular weight is 267 g/mol. The lowest BCUT2D eigenvalue weighted by Gasteiger charge is -2.12. The van der Waals surface area contributed by atoms with E-state index in [9.17, 15) is 18.4 Å². The Morgan fingerprint density at radius 2 is 2.00 bits per heavy atom. The van der Waals surface area contributed by atoms with E-state index in [1.807, 2.05) is 0 Å². The maximum Gasteiger partial charge on any atom is 0.310 e. The molecule has 2 N–H and O–H groups in total. The van der Waals surface area contributed by atoms with Crippen molar-refractivity contribution in [3.05, 3.63) is 45.2 Å². The zero-order chi connectivity index (χ0) is 14.3. The molecule has 0 amide bonds. The Labute approximate surface area is 106 Å². The zero-order valence-electron chi connectivity index (χ0n) is 10.3. The van der Waals surface area contributed by atoms with Crippen molar-refractivity contribution >= 4 is 16.9 Å². The van der Waals surface area contributed by atoms with Crippen LogP contribution in [0, 0.1) is 18.6 Å². The topological polar surface area (TPSA) is 70.2 Å². The highest BCUT2D eigenvalue weighted by Crippen LogP contribution is 2.26. The van der Waals surface area contributed by atoms with Crippen LogP contribution in [0.15, 0.2) is 16.9 Å². The first-order chi connectivity index (χ1) is 8.84. The Hall–Kier alpha value is -2.24. The van der Waals surface area contributed by atoms with Gasteiger partial charge in [-0.05, 0) is 31.5 Å². The first kappa shape index (κ1) is 13.2. The van der Waals surface area contributed by atoms with Crippen LogP contribution in [-0.2, 0) is 4.79 Å². The third-order valence-electron chi connectivity index (χ3n) is 3.17. The van der Waals surface area contributed by atoms with Gasteiger partial charge >= 0.3 is 5.97 Å². The van der Waals surface area contributed by atoms with Gasteiger partial charge in [0.15, 0.2) is 11.6 Å². The molecule has 0 aliphatic carbocycles. The van der Waals surface area contributed by atoms with Gasteiger partial charge in [-0.15, -0.1) is 0 Å². The van der Waals surface area contributed by atoms with Crippen LogP contribution in [0.3, 0.4) is 0 Å². The fraction of sp³-hybridized carbons (Fsp3) is 0.231. The Kier molecular flexibility index (Phi) is 3.09. The second-order valence-electron chi connectivity index (χ2n) is 4.34. The molecule has 6 heteroatoms. The molecule has 0 aliphatic heterocycles. The standard InChI is InChI=1S/C13H11F2NO3/c1-5-9(6(2)13(18)19)12(17)16-8-4-3-7(14)11(15)10(5)8/h3-4,6H,1-2H3,(H,16,17)(H,18,19). The van der Waals surface area contributed by atoms with Crippen molar-refractivity contribution in [2.24, 2.45) is 0 Å². The van der Waals surface area contributed by atoms with Crippen molar-refractivity contribution in [3.8, 4) is 0 Å². The van der Waals surface area contributed by atoms with Crippen molar-refractivity contribution in [2.75, 3.05) is 0 Å². The van der Waals surface area contributed by atoms with Gasteiger partial charge in [0.25, 0.3) is 5.56 Å². The number of aliphatic carboxylic acids is 1. The SMILES string of the molecule is Cc1c(C(C)C(=O)O)c(=O)[nH]c2ccc(F)c(F)c12. The number of fused-ring (bicyclic) bond motifs is 1. The van der Waals surface area contributed by atoms with E-state index >= 15 is 0 Å². The molecule has 0 spiro atoms. The largest absolute Gasteiger partial charge is 0.481 e. The molecule has 0 bridgehead atoms. The Morgan fingerprint density at radius 3 is 2.58 bits per heavy atom. The molecular weight excluding hydrogens is 256 g/mol. The Bertz CT molecular complexity index is 737. The molecule has 1 aromatic carbocycles. The number of carboxylic acid groups (broad SMARTS) is 1. The van der Waals surface area contributed by atoms with E-state index in [-0.39, 0.29) is 22.0 Å². The fourth-order valence-corrected chi connectivity index (χ4v) is 2.16. The molecule has 0 fully saturated rings. The Balaban J connectivity index is 2.92. The highest BCUT2D eigenvalue weighted by molar-refractivity contribution is 5.86. The fourth-order valence-electron chi connectivity index (χ4n) is 2.16. The molecule has 1 aromatic heterocycles. The minimum atomic E-state index is -1.20. The van der Waals surface area contributed by atoms with Crippen LogP contribution in [0.25, 0.3) is 10.9 Å². The van der Waals surface area contributed by atoms with Gasteiger partial charge < -0.3 is 10.1 Å². The quantitative estimate of drug-likeness (QED) is 0.877. The van der Waals surface area contributed by atoms with Crippen molar-refractivity contribution in [1.82, 2.24) is 4.98 Å². The van der Waals surface area contributed by atoms with Crippen LogP contribution in [0.1, 0.15) is 24.0 Å². The smallest absolute Gasteiger partial charge is 0.310 e. The van der Waals surface area contributed by atoms with Gasteiger partial charge in [0.1, 0.15) is 0 Å². The number of nitrogens with one attached hydrogen (secondary N) is 1. The van der Waals surface area contributed by atoms with E-state index in [0.717, 1.165) is 6.07 Å². The van der Waals surface area contributed by atoms with Crippen LogP contribution in [0.2, 0.25) is 0 Å². The first-order valence-electron chi connectivity index (χ1n) is 5.58. The minimum absolute atomic E-state index is 0.0653. The number of aryl methyl sites for hydroxylation is 1. The lowest BCUT2D eigenvalue weighted by atomic mass is 9.95. The van der Waals surface area contributed by atoms with Gasteiger partial charge in [-0.3, -0.25) is 9.59 Å². The average Bonchev–Trinajstić information content (AvgIpc) is 2.33. The van der Waals surface area contributed by atoms with Crippen LogP contribution >= 0.6 is 0 Å². The van der Waals surface area contributed by atoms with Gasteiger partial charge in [0.05, 0.1) is 11.4 Å². The summed E-state index contributed by atoms with van der Waals surface area (Å²) < 4.78 is 27.0. The summed E-state index contributed by atoms with van der Waals surface area (Å²) in [7, 11) is 0. The van der Waals surface area contributed by atoms with E-state index in [4.69, 9.17) is 5.11 Å². The third kappa shape index (κ3) is 1.99. The number of aromatic nitrogens is 1. The minimum Gasteiger partial charge on any atom is -0.481 e. The molecule has 2 rings (SSSR count). The number of benzene rings is 1. The lowest BCUT2D eigenvalue weighted by Crippen LogP contribution is -2.22. The van der Waals surface area contributed by atoms with Crippen LogP contribution in [0.5, 0.6) is 0 Å². The monoisotopic (exact) mass is 267 g/mol. The molecule has 1 unspecified atom stereocenters. The predicted molar refractivity (Wildman–Crippen MR) is 65.3 cm³/mol. The number of carbonyl (C=O) groups is 1. The number of pyridine rings is 1. The number of carboxylic acids is 1. The first-order valence-corrected chi connectivity index (χ1v) is 5.58. The molecule has 4 nitrogen and oxygen atoms in total. The van der Waals surface area contributed by atoms with Crippen molar-refractivity contribution in [3.63, 3.8) is 0 Å². The summed E-state index contributed by atoms with van der Waals surface area (Å²) in [6.45, 7) is 2.73. The van der Waals surface area contributed by atoms with Gasteiger partial charge in [0.2, 0.25) is 0 Å². The number of aromatic amines is 1. The second-order valence-corrected chi connectivity index (χ2v) is 4.34. The summed E-state index contributed by atoms with van der Waals surface area (Å²) in [5.74, 6) is -4.44. The molecule has 0 saturated heterocycles. The van der Waals surface area contributed by atoms with E-state index in [1.165, 1.54) is 19.9 Å². The summed E-state index contributed by atoms with van der Waals surface area (Å²) in [5.41, 5.74) is -0.385. The summed E-state index contributed by atoms with van der Waals surface area (Å²) in [5, 5.41) is 8.86. The molecular formula is C13H11F2NO3. The van der Waals surface area contributed by atoms with Crippen LogP contribution in [0.4, 0.5) is 8.78 Å². The zero-order valence-corrected chi connectivity index (χ0v) is 10.3. The van der Waals surface area contributed by atoms with Gasteiger partial charge in [-0.1, -0.05) is 0 Å². The predicted octanol–water partition coefficient (Wildman–Crippen LogP) is 2.30. The van der Waals surface area contributed by atoms with Crippen LogP contribution in [-0.4, -0.2) is 16.1 Å². The van der Waals surface area contributed by atoms with Crippen molar-refractivity contribution < 1.29 is 18.7 Å². The maximum absolute atomic E-state index is 13.8. The number of hydrogen-bond acceptors (Lipinski definition) is 2. The summed E-state index contributed by atoms with van der Waals surface area (Å²) >= 11 is 0. The number of halogens is 2. The lowest BCUT2D eigenvalue weighted by molar-refractivity contribution is -0.138. The van der Waals surface area contributed by atoms with Gasteiger partial charge in [-0.25, -0.2) is 8.78 Å². The highest BCUT2D eigenvalue weighted by Gasteiger charge is 2.23. The van der Waals surface area contributed by atoms with Gasteiger partial charge in [0, 0.05) is 10.9 Å². The molecule has 0 saturated carbocycles. The van der Waals surface area contributed by atoms with Gasteiger partial charge in [-0.2, -0.15) is 0 Å². The number of hydrogen-bond donors (Lipinski definition) is 2. The number of rotatable bonds is 2. The molecule has 2 aromatic rings. The van der Waals surface area contributed by atoms with Crippen molar-refractivity contribution in [1.29, 1.82) is 0 Å². The molecule has 0 radical (unpaired) electrons. The molecule has 1 heterocycles. The molecule has 0 aliphatic rings. The number of H-pyrrole nitrogens is 1. The van der Waals surface area contributed by atoms with Crippen molar-refractivity contribution in [2.45, 2.75) is 19.8 Å². The third-order valence-corrected chi connectivity index (χ3v) is 3.17. The normalized spacial score (nSPS) is 12.6. The highest BCUT2D eigenvalue weighted by atomic mass is 19.2. The van der Waals surface area contributed by atoms with E-state index in [0.29, 0.717) is 0 Å².